The van der Waals surface area contributed by atoms with Crippen molar-refractivity contribution in [1.82, 2.24) is 0 Å². The summed E-state index contributed by atoms with van der Waals surface area (Å²) in [4.78, 5) is 11.5. The Bertz CT molecular complexity index is 852. The summed E-state index contributed by atoms with van der Waals surface area (Å²) in [5.41, 5.74) is 1.77. The monoisotopic (exact) mass is 300 g/mol. The summed E-state index contributed by atoms with van der Waals surface area (Å²) in [5.74, 6) is 0.648. The number of hydrogen-bond donors (Lipinski definition) is 0. The van der Waals surface area contributed by atoms with E-state index in [9.17, 15) is 4.79 Å². The minimum Gasteiger partial charge on any atom is -0.489 e. The van der Waals surface area contributed by atoms with Gasteiger partial charge in [-0.15, -0.1) is 0 Å². The molecule has 0 aliphatic carbocycles. The lowest BCUT2D eigenvalue weighted by atomic mass is 10.2. The second-order valence-corrected chi connectivity index (χ2v) is 5.27. The SMILES string of the molecule is Cc1cc2ccc(OCc3cccc(Cl)c3)cc2oc1=O. The highest BCUT2D eigenvalue weighted by atomic mass is 35.5. The van der Waals surface area contributed by atoms with Crippen LogP contribution in [0.15, 0.2) is 57.7 Å². The molecule has 2 aromatic carbocycles. The van der Waals surface area contributed by atoms with Gasteiger partial charge in [0.05, 0.1) is 0 Å². The lowest BCUT2D eigenvalue weighted by molar-refractivity contribution is 0.306. The van der Waals surface area contributed by atoms with Gasteiger partial charge in [-0.2, -0.15) is 0 Å². The van der Waals surface area contributed by atoms with Gasteiger partial charge in [-0.3, -0.25) is 0 Å². The second-order valence-electron chi connectivity index (χ2n) is 4.84. The van der Waals surface area contributed by atoms with Crippen LogP contribution in [0.1, 0.15) is 11.1 Å². The van der Waals surface area contributed by atoms with Crippen molar-refractivity contribution in [2.24, 2.45) is 0 Å². The molecule has 0 bridgehead atoms. The Balaban J connectivity index is 1.84. The molecule has 0 radical (unpaired) electrons. The lowest BCUT2D eigenvalue weighted by Crippen LogP contribution is -2.02. The molecular formula is C17H13ClO3. The van der Waals surface area contributed by atoms with Crippen molar-refractivity contribution in [2.45, 2.75) is 13.5 Å². The van der Waals surface area contributed by atoms with E-state index in [-0.39, 0.29) is 5.63 Å². The Morgan fingerprint density at radius 2 is 2.00 bits per heavy atom. The van der Waals surface area contributed by atoms with Crippen molar-refractivity contribution in [1.29, 1.82) is 0 Å². The molecule has 1 heterocycles. The smallest absolute Gasteiger partial charge is 0.339 e. The molecule has 3 aromatic rings. The maximum Gasteiger partial charge on any atom is 0.339 e. The van der Waals surface area contributed by atoms with E-state index in [0.717, 1.165) is 10.9 Å². The van der Waals surface area contributed by atoms with Crippen LogP contribution in [-0.2, 0) is 6.61 Å². The number of fused-ring (bicyclic) bond motifs is 1. The highest BCUT2D eigenvalue weighted by molar-refractivity contribution is 6.30. The van der Waals surface area contributed by atoms with Crippen molar-refractivity contribution in [3.63, 3.8) is 0 Å². The first-order valence-corrected chi connectivity index (χ1v) is 6.91. The van der Waals surface area contributed by atoms with Crippen molar-refractivity contribution in [3.8, 4) is 5.75 Å². The lowest BCUT2D eigenvalue weighted by Gasteiger charge is -2.07. The van der Waals surface area contributed by atoms with Crippen LogP contribution in [-0.4, -0.2) is 0 Å². The minimum atomic E-state index is -0.325. The molecule has 0 unspecified atom stereocenters. The second kappa shape index (κ2) is 5.62. The highest BCUT2D eigenvalue weighted by Crippen LogP contribution is 2.21. The van der Waals surface area contributed by atoms with Crippen molar-refractivity contribution in [2.75, 3.05) is 0 Å². The van der Waals surface area contributed by atoms with Gasteiger partial charge in [0.1, 0.15) is 17.9 Å². The van der Waals surface area contributed by atoms with Gasteiger partial charge >= 0.3 is 5.63 Å². The number of rotatable bonds is 3. The summed E-state index contributed by atoms with van der Waals surface area (Å²) in [6.45, 7) is 2.14. The molecule has 21 heavy (non-hydrogen) atoms. The van der Waals surface area contributed by atoms with Gasteiger partial charge < -0.3 is 9.15 Å². The standard InChI is InChI=1S/C17H13ClO3/c1-11-7-13-5-6-15(9-16(13)21-17(11)19)20-10-12-3-2-4-14(18)8-12/h2-9H,10H2,1H3. The average molecular weight is 301 g/mol. The van der Waals surface area contributed by atoms with Gasteiger partial charge in [0.25, 0.3) is 0 Å². The van der Waals surface area contributed by atoms with E-state index in [0.29, 0.717) is 28.5 Å². The quantitative estimate of drug-likeness (QED) is 0.676. The van der Waals surface area contributed by atoms with Crippen LogP contribution in [0.2, 0.25) is 5.02 Å². The Morgan fingerprint density at radius 1 is 1.14 bits per heavy atom. The maximum atomic E-state index is 11.5. The van der Waals surface area contributed by atoms with Crippen molar-refractivity contribution in [3.05, 3.63) is 75.1 Å². The molecule has 0 spiro atoms. The Hall–Kier alpha value is -2.26. The largest absolute Gasteiger partial charge is 0.489 e. The van der Waals surface area contributed by atoms with Gasteiger partial charge in [0.2, 0.25) is 0 Å². The van der Waals surface area contributed by atoms with Crippen LogP contribution in [0.5, 0.6) is 5.75 Å². The average Bonchev–Trinajstić information content (AvgIpc) is 2.46. The summed E-state index contributed by atoms with van der Waals surface area (Å²) >= 11 is 5.93. The highest BCUT2D eigenvalue weighted by Gasteiger charge is 2.04. The molecule has 0 fully saturated rings. The number of halogens is 1. The van der Waals surface area contributed by atoms with Crippen LogP contribution in [0.3, 0.4) is 0 Å². The van der Waals surface area contributed by atoms with Gasteiger partial charge in [0.15, 0.2) is 0 Å². The first kappa shape index (κ1) is 13.7. The zero-order valence-electron chi connectivity index (χ0n) is 11.4. The van der Waals surface area contributed by atoms with E-state index in [1.807, 2.05) is 42.5 Å². The molecule has 1 aromatic heterocycles. The predicted octanol–water partition coefficient (Wildman–Crippen LogP) is 4.33. The fourth-order valence-corrected chi connectivity index (χ4v) is 2.29. The Morgan fingerprint density at radius 3 is 2.81 bits per heavy atom. The molecule has 0 amide bonds. The van der Waals surface area contributed by atoms with Crippen LogP contribution < -0.4 is 10.4 Å². The molecule has 4 heteroatoms. The normalized spacial score (nSPS) is 10.8. The zero-order chi connectivity index (χ0) is 14.8. The van der Waals surface area contributed by atoms with Crippen LogP contribution in [0.4, 0.5) is 0 Å². The molecule has 0 saturated carbocycles. The van der Waals surface area contributed by atoms with Gasteiger partial charge in [-0.25, -0.2) is 4.79 Å². The number of hydrogen-bond acceptors (Lipinski definition) is 3. The molecule has 0 aliphatic heterocycles. The predicted molar refractivity (Wildman–Crippen MR) is 83.0 cm³/mol. The van der Waals surface area contributed by atoms with Crippen molar-refractivity contribution < 1.29 is 9.15 Å². The molecule has 0 aliphatic rings. The number of benzene rings is 2. The van der Waals surface area contributed by atoms with E-state index < -0.39 is 0 Å². The third-order valence-electron chi connectivity index (χ3n) is 3.18. The summed E-state index contributed by atoms with van der Waals surface area (Å²) < 4.78 is 11.0. The number of ether oxygens (including phenoxy) is 1. The van der Waals surface area contributed by atoms with E-state index in [2.05, 4.69) is 0 Å². The molecule has 3 rings (SSSR count). The summed E-state index contributed by atoms with van der Waals surface area (Å²) in [6.07, 6.45) is 0. The topological polar surface area (TPSA) is 39.4 Å². The van der Waals surface area contributed by atoms with Crippen molar-refractivity contribution >= 4 is 22.6 Å². The first-order valence-electron chi connectivity index (χ1n) is 6.53. The van der Waals surface area contributed by atoms with Gasteiger partial charge in [-0.1, -0.05) is 23.7 Å². The molecular weight excluding hydrogens is 288 g/mol. The van der Waals surface area contributed by atoms with E-state index in [1.165, 1.54) is 0 Å². The molecule has 0 N–H and O–H groups in total. The van der Waals surface area contributed by atoms with E-state index in [1.54, 1.807) is 13.0 Å². The molecule has 3 nitrogen and oxygen atoms in total. The number of aryl methyl sites for hydroxylation is 1. The minimum absolute atomic E-state index is 0.325. The summed E-state index contributed by atoms with van der Waals surface area (Å²) in [7, 11) is 0. The molecule has 106 valence electrons. The summed E-state index contributed by atoms with van der Waals surface area (Å²) in [5, 5.41) is 1.55. The van der Waals surface area contributed by atoms with Crippen LogP contribution in [0, 0.1) is 6.92 Å². The third kappa shape index (κ3) is 3.09. The van der Waals surface area contributed by atoms with Crippen LogP contribution >= 0.6 is 11.6 Å². The van der Waals surface area contributed by atoms with E-state index >= 15 is 0 Å². The molecule has 0 atom stereocenters. The van der Waals surface area contributed by atoms with E-state index in [4.69, 9.17) is 20.8 Å². The Labute approximate surface area is 126 Å². The Kier molecular flexibility index (Phi) is 3.67. The summed E-state index contributed by atoms with van der Waals surface area (Å²) in [6, 6.07) is 14.7. The van der Waals surface area contributed by atoms with Crippen LogP contribution in [0.25, 0.3) is 11.0 Å². The zero-order valence-corrected chi connectivity index (χ0v) is 12.2. The van der Waals surface area contributed by atoms with Gasteiger partial charge in [0, 0.05) is 22.0 Å². The third-order valence-corrected chi connectivity index (χ3v) is 3.41. The van der Waals surface area contributed by atoms with Gasteiger partial charge in [-0.05, 0) is 42.8 Å². The molecule has 0 saturated heterocycles. The fourth-order valence-electron chi connectivity index (χ4n) is 2.08. The first-order chi connectivity index (χ1) is 10.1. The fraction of sp³-hybridized carbons (Fsp3) is 0.118. The maximum absolute atomic E-state index is 11.5.